The van der Waals surface area contributed by atoms with Crippen molar-refractivity contribution in [3.8, 4) is 0 Å². The maximum absolute atomic E-state index is 10.9. The molecule has 0 heterocycles. The molecule has 1 rings (SSSR count). The second-order valence-electron chi connectivity index (χ2n) is 1.80. The van der Waals surface area contributed by atoms with E-state index in [1.165, 1.54) is 0 Å². The maximum Gasteiger partial charge on any atom is 0.351 e. The summed E-state index contributed by atoms with van der Waals surface area (Å²) in [6, 6.07) is 8.67. The van der Waals surface area contributed by atoms with Crippen molar-refractivity contribution in [1.82, 2.24) is 0 Å². The van der Waals surface area contributed by atoms with Crippen molar-refractivity contribution < 1.29 is 8.98 Å². The van der Waals surface area contributed by atoms with Gasteiger partial charge < -0.3 is 4.18 Å². The minimum atomic E-state index is -0.425. The Balaban J connectivity index is 2.69. The molecule has 0 radical (unpaired) electrons. The van der Waals surface area contributed by atoms with Crippen LogP contribution in [0.2, 0.25) is 0 Å². The fourth-order valence-electron chi connectivity index (χ4n) is 0.651. The molecule has 0 N–H and O–H groups in total. The van der Waals surface area contributed by atoms with E-state index in [1.54, 1.807) is 24.3 Å². The summed E-state index contributed by atoms with van der Waals surface area (Å²) in [4.78, 5) is 10.9. The Morgan fingerprint density at radius 2 is 2.00 bits per heavy atom. The standard InChI is InChI=1S/C7H5ClO2S/c8-11-10-7(9)6-4-2-1-3-5-6/h1-5H. The molecule has 0 amide bonds. The van der Waals surface area contributed by atoms with Crippen molar-refractivity contribution in [3.05, 3.63) is 35.9 Å². The molecule has 11 heavy (non-hydrogen) atoms. The normalized spacial score (nSPS) is 9.18. The summed E-state index contributed by atoms with van der Waals surface area (Å²) in [5.74, 6) is -0.425. The second-order valence-corrected chi connectivity index (χ2v) is 2.47. The Hall–Kier alpha value is -0.670. The number of hydrogen-bond donors (Lipinski definition) is 0. The molecule has 0 bridgehead atoms. The molecule has 2 nitrogen and oxygen atoms in total. The van der Waals surface area contributed by atoms with Gasteiger partial charge in [-0.25, -0.2) is 4.79 Å². The second kappa shape index (κ2) is 4.26. The van der Waals surface area contributed by atoms with Crippen molar-refractivity contribution in [2.24, 2.45) is 0 Å². The third kappa shape index (κ3) is 2.44. The van der Waals surface area contributed by atoms with Gasteiger partial charge in [0.1, 0.15) is 0 Å². The fraction of sp³-hybridized carbons (Fsp3) is 0. The Bertz CT molecular complexity index is 237. The van der Waals surface area contributed by atoms with E-state index in [-0.39, 0.29) is 0 Å². The summed E-state index contributed by atoms with van der Waals surface area (Å²) >= 11 is 0.527. The minimum Gasteiger partial charge on any atom is -0.370 e. The summed E-state index contributed by atoms with van der Waals surface area (Å²) in [7, 11) is 5.12. The SMILES string of the molecule is O=C(OSCl)c1ccccc1. The van der Waals surface area contributed by atoms with Crippen LogP contribution in [0.25, 0.3) is 0 Å². The molecule has 1 aromatic carbocycles. The monoisotopic (exact) mass is 188 g/mol. The molecule has 58 valence electrons. The lowest BCUT2D eigenvalue weighted by atomic mass is 10.2. The first-order chi connectivity index (χ1) is 5.34. The summed E-state index contributed by atoms with van der Waals surface area (Å²) < 4.78 is 4.47. The summed E-state index contributed by atoms with van der Waals surface area (Å²) in [5.41, 5.74) is 0.501. The highest BCUT2D eigenvalue weighted by molar-refractivity contribution is 8.17. The Kier molecular flexibility index (Phi) is 3.26. The van der Waals surface area contributed by atoms with Gasteiger partial charge in [0.25, 0.3) is 0 Å². The van der Waals surface area contributed by atoms with Crippen LogP contribution in [0, 0.1) is 0 Å². The van der Waals surface area contributed by atoms with Crippen molar-refractivity contribution in [2.75, 3.05) is 0 Å². The molecule has 0 unspecified atom stereocenters. The van der Waals surface area contributed by atoms with Gasteiger partial charge in [-0.05, 0) is 12.1 Å². The smallest absolute Gasteiger partial charge is 0.351 e. The van der Waals surface area contributed by atoms with Gasteiger partial charge in [-0.2, -0.15) is 0 Å². The van der Waals surface area contributed by atoms with Gasteiger partial charge in [0, 0.05) is 10.7 Å². The van der Waals surface area contributed by atoms with Crippen LogP contribution in [-0.2, 0) is 4.18 Å². The molecule has 0 aliphatic carbocycles. The van der Waals surface area contributed by atoms with Gasteiger partial charge in [0.2, 0.25) is 0 Å². The molecular weight excluding hydrogens is 184 g/mol. The molecule has 0 saturated carbocycles. The molecule has 0 aliphatic heterocycles. The highest BCUT2D eigenvalue weighted by Gasteiger charge is 2.04. The largest absolute Gasteiger partial charge is 0.370 e. The zero-order chi connectivity index (χ0) is 8.10. The van der Waals surface area contributed by atoms with Crippen LogP contribution in [0.1, 0.15) is 10.4 Å². The van der Waals surface area contributed by atoms with E-state index >= 15 is 0 Å². The van der Waals surface area contributed by atoms with Crippen molar-refractivity contribution >= 4 is 27.9 Å². The number of benzene rings is 1. The van der Waals surface area contributed by atoms with Crippen LogP contribution in [0.4, 0.5) is 0 Å². The first kappa shape index (κ1) is 8.43. The third-order valence-electron chi connectivity index (χ3n) is 1.12. The van der Waals surface area contributed by atoms with E-state index in [9.17, 15) is 4.79 Å². The van der Waals surface area contributed by atoms with E-state index in [4.69, 9.17) is 10.7 Å². The van der Waals surface area contributed by atoms with Gasteiger partial charge in [0.15, 0.2) is 11.3 Å². The summed E-state index contributed by atoms with van der Waals surface area (Å²) in [5, 5.41) is 0. The fourth-order valence-corrected chi connectivity index (χ4v) is 0.976. The van der Waals surface area contributed by atoms with E-state index in [0.717, 1.165) is 0 Å². The topological polar surface area (TPSA) is 26.3 Å². The Morgan fingerprint density at radius 3 is 2.55 bits per heavy atom. The van der Waals surface area contributed by atoms with E-state index in [2.05, 4.69) is 4.18 Å². The third-order valence-corrected chi connectivity index (χ3v) is 1.52. The summed E-state index contributed by atoms with van der Waals surface area (Å²) in [6.45, 7) is 0. The van der Waals surface area contributed by atoms with Crippen LogP contribution in [0.3, 0.4) is 0 Å². The van der Waals surface area contributed by atoms with Crippen molar-refractivity contribution in [3.63, 3.8) is 0 Å². The highest BCUT2D eigenvalue weighted by Crippen LogP contribution is 2.11. The number of carbonyl (C=O) groups excluding carboxylic acids is 1. The van der Waals surface area contributed by atoms with E-state index < -0.39 is 5.97 Å². The van der Waals surface area contributed by atoms with Gasteiger partial charge in [0.05, 0.1) is 5.56 Å². The lowest BCUT2D eigenvalue weighted by Crippen LogP contribution is -1.97. The van der Waals surface area contributed by atoms with Crippen molar-refractivity contribution in [1.29, 1.82) is 0 Å². The van der Waals surface area contributed by atoms with Crippen LogP contribution < -0.4 is 0 Å². The molecule has 0 spiro atoms. The average molecular weight is 189 g/mol. The first-order valence-corrected chi connectivity index (χ1v) is 4.46. The van der Waals surface area contributed by atoms with Crippen LogP contribution in [0.15, 0.2) is 30.3 Å². The van der Waals surface area contributed by atoms with E-state index in [1.807, 2.05) is 6.07 Å². The Labute approximate surface area is 73.2 Å². The summed E-state index contributed by atoms with van der Waals surface area (Å²) in [6.07, 6.45) is 0. The number of carbonyl (C=O) groups is 1. The van der Waals surface area contributed by atoms with Crippen LogP contribution in [0.5, 0.6) is 0 Å². The molecule has 0 saturated heterocycles. The molecule has 0 atom stereocenters. The Morgan fingerprint density at radius 1 is 1.36 bits per heavy atom. The molecule has 0 fully saturated rings. The molecule has 0 aromatic heterocycles. The van der Waals surface area contributed by atoms with Crippen LogP contribution in [-0.4, -0.2) is 5.97 Å². The molecule has 0 aliphatic rings. The lowest BCUT2D eigenvalue weighted by molar-refractivity contribution is 0.0771. The molecule has 4 heteroatoms. The minimum absolute atomic E-state index is 0.425. The van der Waals surface area contributed by atoms with Gasteiger partial charge in [-0.3, -0.25) is 0 Å². The number of rotatable bonds is 2. The predicted octanol–water partition coefficient (Wildman–Crippen LogP) is 2.65. The molecule has 1 aromatic rings. The van der Waals surface area contributed by atoms with Gasteiger partial charge in [-0.1, -0.05) is 18.2 Å². The highest BCUT2D eigenvalue weighted by atomic mass is 35.7. The van der Waals surface area contributed by atoms with Crippen LogP contribution >= 0.6 is 21.9 Å². The van der Waals surface area contributed by atoms with Gasteiger partial charge >= 0.3 is 5.97 Å². The number of hydrogen-bond acceptors (Lipinski definition) is 3. The zero-order valence-electron chi connectivity index (χ0n) is 5.49. The predicted molar refractivity (Wildman–Crippen MR) is 45.3 cm³/mol. The van der Waals surface area contributed by atoms with Gasteiger partial charge in [-0.15, -0.1) is 0 Å². The average Bonchev–Trinajstić information content (AvgIpc) is 2.07. The first-order valence-electron chi connectivity index (χ1n) is 2.89. The van der Waals surface area contributed by atoms with Crippen molar-refractivity contribution in [2.45, 2.75) is 0 Å². The maximum atomic E-state index is 10.9. The van der Waals surface area contributed by atoms with E-state index in [0.29, 0.717) is 16.8 Å². The lowest BCUT2D eigenvalue weighted by Gasteiger charge is -1.95. The zero-order valence-corrected chi connectivity index (χ0v) is 7.06. The quantitative estimate of drug-likeness (QED) is 0.668. The number of halogens is 1. The molecular formula is C7H5ClO2S.